The van der Waals surface area contributed by atoms with Gasteiger partial charge in [0.2, 0.25) is 0 Å². The van der Waals surface area contributed by atoms with Gasteiger partial charge in [-0.25, -0.2) is 13.2 Å². The van der Waals surface area contributed by atoms with Gasteiger partial charge >= 0.3 is 0 Å². The Balaban J connectivity index is 2.23. The predicted octanol–water partition coefficient (Wildman–Crippen LogP) is 5.79. The number of hydrogen-bond donors (Lipinski definition) is 0. The molecule has 7 heteroatoms. The molecule has 0 amide bonds. The molecule has 0 bridgehead atoms. The summed E-state index contributed by atoms with van der Waals surface area (Å²) in [6, 6.07) is 16.5. The van der Waals surface area contributed by atoms with E-state index in [-0.39, 0.29) is 10.6 Å². The van der Waals surface area contributed by atoms with Crippen LogP contribution in [0, 0.1) is 40.1 Å². The van der Waals surface area contributed by atoms with Crippen LogP contribution in [0.25, 0.3) is 0 Å². The molecule has 0 saturated heterocycles. The number of halogens is 3. The van der Waals surface area contributed by atoms with E-state index in [0.717, 1.165) is 0 Å². The zero-order valence-corrected chi connectivity index (χ0v) is 14.4. The lowest BCUT2D eigenvalue weighted by atomic mass is 10.1. The molecule has 0 aliphatic heterocycles. The van der Waals surface area contributed by atoms with Crippen molar-refractivity contribution in [3.05, 3.63) is 83.2 Å². The van der Waals surface area contributed by atoms with E-state index in [4.69, 9.17) is 15.3 Å². The Morgan fingerprint density at radius 1 is 0.778 bits per heavy atom. The largest absolute Gasteiger partial charge is 0.453 e. The lowest BCUT2D eigenvalue weighted by molar-refractivity contribution is 0.418. The van der Waals surface area contributed by atoms with Crippen molar-refractivity contribution in [1.82, 2.24) is 0 Å². The highest BCUT2D eigenvalue weighted by Gasteiger charge is 2.28. The van der Waals surface area contributed by atoms with Gasteiger partial charge in [-0.05, 0) is 24.3 Å². The highest BCUT2D eigenvalue weighted by atomic mass is 32.2. The summed E-state index contributed by atoms with van der Waals surface area (Å²) in [6.07, 6.45) is 0. The molecule has 0 saturated carbocycles. The number of nitrogens with zero attached hydrogens (tertiary/aromatic N) is 2. The van der Waals surface area contributed by atoms with E-state index in [1.165, 1.54) is 48.5 Å². The van der Waals surface area contributed by atoms with Crippen LogP contribution in [0.15, 0.2) is 64.4 Å². The summed E-state index contributed by atoms with van der Waals surface area (Å²) in [7, 11) is 0. The van der Waals surface area contributed by atoms with E-state index in [2.05, 4.69) is 0 Å². The maximum atomic E-state index is 14.9. The van der Waals surface area contributed by atoms with Gasteiger partial charge in [0.15, 0.2) is 17.4 Å². The summed E-state index contributed by atoms with van der Waals surface area (Å²) in [5.41, 5.74) is -1.52. The third kappa shape index (κ3) is 3.59. The zero-order valence-electron chi connectivity index (χ0n) is 13.5. The Kier molecular flexibility index (Phi) is 5.35. The van der Waals surface area contributed by atoms with Crippen molar-refractivity contribution in [2.24, 2.45) is 0 Å². The van der Waals surface area contributed by atoms with Crippen molar-refractivity contribution in [3.63, 3.8) is 0 Å². The van der Waals surface area contributed by atoms with Gasteiger partial charge in [-0.2, -0.15) is 10.5 Å². The summed E-state index contributed by atoms with van der Waals surface area (Å²) < 4.78 is 49.3. The summed E-state index contributed by atoms with van der Waals surface area (Å²) in [6.45, 7) is 0. The van der Waals surface area contributed by atoms with E-state index in [1.807, 2.05) is 0 Å². The number of rotatable bonds is 4. The Labute approximate surface area is 157 Å². The minimum atomic E-state index is -1.18. The molecule has 3 nitrogen and oxygen atoms in total. The molecule has 0 aliphatic carbocycles. The van der Waals surface area contributed by atoms with E-state index >= 15 is 0 Å². The maximum Gasteiger partial charge on any atom is 0.186 e. The second-order valence-corrected chi connectivity index (χ2v) is 6.26. The molecule has 27 heavy (non-hydrogen) atoms. The molecule has 3 aromatic rings. The van der Waals surface area contributed by atoms with Crippen LogP contribution in [0.2, 0.25) is 0 Å². The third-order valence-electron chi connectivity index (χ3n) is 3.53. The fraction of sp³-hybridized carbons (Fsp3) is 0. The van der Waals surface area contributed by atoms with Crippen LogP contribution < -0.4 is 4.74 Å². The van der Waals surface area contributed by atoms with Gasteiger partial charge in [-0.1, -0.05) is 42.1 Å². The Bertz CT molecular complexity index is 1090. The molecule has 0 unspecified atom stereocenters. The second kappa shape index (κ2) is 7.86. The molecule has 0 aliphatic rings. The highest BCUT2D eigenvalue weighted by Crippen LogP contribution is 2.44. The normalized spacial score (nSPS) is 10.1. The first-order valence-electron chi connectivity index (χ1n) is 7.57. The van der Waals surface area contributed by atoms with Gasteiger partial charge in [-0.15, -0.1) is 0 Å². The maximum absolute atomic E-state index is 14.9. The summed E-state index contributed by atoms with van der Waals surface area (Å²) in [5, 5.41) is 18.3. The second-order valence-electron chi connectivity index (χ2n) is 5.21. The minimum absolute atomic E-state index is 0.0160. The van der Waals surface area contributed by atoms with E-state index in [1.54, 1.807) is 18.2 Å². The monoisotopic (exact) mass is 382 g/mol. The van der Waals surface area contributed by atoms with Crippen LogP contribution in [0.3, 0.4) is 0 Å². The fourth-order valence-corrected chi connectivity index (χ4v) is 3.23. The van der Waals surface area contributed by atoms with Crippen LogP contribution in [0.4, 0.5) is 13.2 Å². The summed E-state index contributed by atoms with van der Waals surface area (Å²) in [4.78, 5) is -0.403. The van der Waals surface area contributed by atoms with Crippen LogP contribution in [0.1, 0.15) is 11.1 Å². The van der Waals surface area contributed by atoms with E-state index in [0.29, 0.717) is 11.8 Å². The molecule has 3 rings (SSSR count). The number of hydrogen-bond acceptors (Lipinski definition) is 4. The highest BCUT2D eigenvalue weighted by molar-refractivity contribution is 7.99. The Morgan fingerprint density at radius 3 is 2.00 bits per heavy atom. The van der Waals surface area contributed by atoms with Crippen LogP contribution in [-0.4, -0.2) is 0 Å². The van der Waals surface area contributed by atoms with Gasteiger partial charge in [0.05, 0.1) is 4.90 Å². The SMILES string of the molecule is N#Cc1c(F)c(Oc2ccccc2)c(Sc2ccccc2F)c(F)c1C#N. The van der Waals surface area contributed by atoms with Crippen molar-refractivity contribution >= 4 is 11.8 Å². The van der Waals surface area contributed by atoms with Crippen LogP contribution in [0.5, 0.6) is 11.5 Å². The van der Waals surface area contributed by atoms with Crippen molar-refractivity contribution < 1.29 is 17.9 Å². The molecule has 0 N–H and O–H groups in total. The Hall–Kier alpha value is -3.42. The van der Waals surface area contributed by atoms with Crippen molar-refractivity contribution in [2.75, 3.05) is 0 Å². The Morgan fingerprint density at radius 2 is 1.37 bits per heavy atom. The quantitative estimate of drug-likeness (QED) is 0.573. The summed E-state index contributed by atoms with van der Waals surface area (Å²) in [5.74, 6) is -3.36. The lowest BCUT2D eigenvalue weighted by Crippen LogP contribution is -2.03. The van der Waals surface area contributed by atoms with Gasteiger partial charge in [0.1, 0.15) is 34.8 Å². The topological polar surface area (TPSA) is 56.8 Å². The van der Waals surface area contributed by atoms with E-state index < -0.39 is 39.2 Å². The van der Waals surface area contributed by atoms with Gasteiger partial charge in [-0.3, -0.25) is 0 Å². The third-order valence-corrected chi connectivity index (χ3v) is 4.65. The van der Waals surface area contributed by atoms with Crippen molar-refractivity contribution in [2.45, 2.75) is 9.79 Å². The molecular formula is C20H9F3N2OS. The first kappa shape index (κ1) is 18.4. The minimum Gasteiger partial charge on any atom is -0.453 e. The molecule has 0 aromatic heterocycles. The van der Waals surface area contributed by atoms with Crippen LogP contribution >= 0.6 is 11.8 Å². The fourth-order valence-electron chi connectivity index (χ4n) is 2.28. The van der Waals surface area contributed by atoms with Crippen molar-refractivity contribution in [3.8, 4) is 23.6 Å². The number of benzene rings is 3. The standard InChI is InChI=1S/C20H9F3N2OS/c21-15-8-4-5-9-16(15)27-20-18(23)14(11-25)13(10-24)17(22)19(20)26-12-6-2-1-3-7-12/h1-9H. The average molecular weight is 382 g/mol. The predicted molar refractivity (Wildman–Crippen MR) is 92.8 cm³/mol. The lowest BCUT2D eigenvalue weighted by Gasteiger charge is -2.15. The van der Waals surface area contributed by atoms with Gasteiger partial charge in [0, 0.05) is 4.90 Å². The van der Waals surface area contributed by atoms with Crippen LogP contribution in [-0.2, 0) is 0 Å². The summed E-state index contributed by atoms with van der Waals surface area (Å²) >= 11 is 0.574. The first-order chi connectivity index (χ1) is 13.1. The molecule has 0 radical (unpaired) electrons. The molecule has 0 fully saturated rings. The molecule has 132 valence electrons. The van der Waals surface area contributed by atoms with E-state index in [9.17, 15) is 13.2 Å². The molecule has 0 atom stereocenters. The molecule has 3 aromatic carbocycles. The number of nitriles is 2. The molecular weight excluding hydrogens is 373 g/mol. The first-order valence-corrected chi connectivity index (χ1v) is 8.39. The average Bonchev–Trinajstić information content (AvgIpc) is 2.69. The van der Waals surface area contributed by atoms with Gasteiger partial charge in [0.25, 0.3) is 0 Å². The number of ether oxygens (including phenoxy) is 1. The molecule has 0 spiro atoms. The smallest absolute Gasteiger partial charge is 0.186 e. The van der Waals surface area contributed by atoms with Gasteiger partial charge < -0.3 is 4.74 Å². The number of para-hydroxylation sites is 1. The molecule has 0 heterocycles. The zero-order chi connectivity index (χ0) is 19.4. The van der Waals surface area contributed by atoms with Crippen molar-refractivity contribution in [1.29, 1.82) is 10.5 Å².